The zero-order valence-corrected chi connectivity index (χ0v) is 14.9. The topological polar surface area (TPSA) is 74.1 Å². The van der Waals surface area contributed by atoms with E-state index in [-0.39, 0.29) is 10.9 Å². The number of benzene rings is 2. The first-order valence-electron chi connectivity index (χ1n) is 7.97. The van der Waals surface area contributed by atoms with Gasteiger partial charge in [0.1, 0.15) is 5.01 Å². The zero-order chi connectivity index (χ0) is 17.4. The zero-order valence-electron chi connectivity index (χ0n) is 13.3. The second-order valence-electron chi connectivity index (χ2n) is 5.93. The maximum Gasteiger partial charge on any atom is 0.243 e. The quantitative estimate of drug-likeness (QED) is 0.706. The second kappa shape index (κ2) is 6.23. The molecule has 0 saturated carbocycles. The number of hydrogen-bond acceptors (Lipinski definition) is 5. The van der Waals surface area contributed by atoms with E-state index in [0.717, 1.165) is 28.1 Å². The van der Waals surface area contributed by atoms with E-state index in [1.54, 1.807) is 29.5 Å². The molecule has 0 bridgehead atoms. The van der Waals surface area contributed by atoms with Crippen LogP contribution in [0.1, 0.15) is 29.5 Å². The average molecular weight is 369 g/mol. The first-order chi connectivity index (χ1) is 12.1. The highest BCUT2D eigenvalue weighted by atomic mass is 32.2. The van der Waals surface area contributed by atoms with Gasteiger partial charge in [0.25, 0.3) is 0 Å². The van der Waals surface area contributed by atoms with Gasteiger partial charge in [0.2, 0.25) is 10.0 Å². The Bertz CT molecular complexity index is 1050. The third kappa shape index (κ3) is 2.82. The van der Waals surface area contributed by atoms with E-state index in [2.05, 4.69) is 4.98 Å². The minimum atomic E-state index is -3.66. The highest BCUT2D eigenvalue weighted by Crippen LogP contribution is 2.39. The van der Waals surface area contributed by atoms with Crippen molar-refractivity contribution in [2.24, 2.45) is 0 Å². The lowest BCUT2D eigenvalue weighted by atomic mass is 10.2. The normalized spacial score (nSPS) is 18.4. The maximum atomic E-state index is 13.1. The molecule has 7 heteroatoms. The first kappa shape index (κ1) is 16.2. The molecule has 25 heavy (non-hydrogen) atoms. The fourth-order valence-corrected chi connectivity index (χ4v) is 6.06. The molecule has 0 radical (unpaired) electrons. The summed E-state index contributed by atoms with van der Waals surface area (Å²) in [5.74, 6) is 0. The van der Waals surface area contributed by atoms with E-state index in [9.17, 15) is 8.42 Å². The molecular formula is C18H15N3O2S2. The van der Waals surface area contributed by atoms with E-state index in [1.165, 1.54) is 10.4 Å². The molecule has 0 unspecified atom stereocenters. The van der Waals surface area contributed by atoms with Crippen molar-refractivity contribution in [3.63, 3.8) is 0 Å². The number of aromatic nitrogens is 1. The van der Waals surface area contributed by atoms with Gasteiger partial charge in [0.15, 0.2) is 0 Å². The van der Waals surface area contributed by atoms with Crippen molar-refractivity contribution in [2.75, 3.05) is 6.54 Å². The summed E-state index contributed by atoms with van der Waals surface area (Å²) in [5.41, 5.74) is 1.25. The van der Waals surface area contributed by atoms with Crippen molar-refractivity contribution in [3.8, 4) is 6.07 Å². The van der Waals surface area contributed by atoms with Gasteiger partial charge in [-0.25, -0.2) is 13.4 Å². The van der Waals surface area contributed by atoms with Gasteiger partial charge >= 0.3 is 0 Å². The van der Waals surface area contributed by atoms with E-state index in [0.29, 0.717) is 12.1 Å². The van der Waals surface area contributed by atoms with Crippen LogP contribution in [-0.2, 0) is 10.0 Å². The van der Waals surface area contributed by atoms with Crippen LogP contribution in [0.15, 0.2) is 53.4 Å². The molecule has 2 heterocycles. The minimum Gasteiger partial charge on any atom is -0.239 e. The van der Waals surface area contributed by atoms with E-state index < -0.39 is 10.0 Å². The summed E-state index contributed by atoms with van der Waals surface area (Å²) in [4.78, 5) is 4.81. The largest absolute Gasteiger partial charge is 0.243 e. The van der Waals surface area contributed by atoms with Crippen LogP contribution < -0.4 is 0 Å². The lowest BCUT2D eigenvalue weighted by Crippen LogP contribution is -2.30. The highest BCUT2D eigenvalue weighted by molar-refractivity contribution is 7.89. The Balaban J connectivity index is 1.74. The van der Waals surface area contributed by atoms with Crippen molar-refractivity contribution >= 4 is 31.6 Å². The Hall–Kier alpha value is -2.27. The molecule has 5 nitrogen and oxygen atoms in total. The Labute approximate surface area is 150 Å². The molecule has 1 fully saturated rings. The van der Waals surface area contributed by atoms with E-state index in [4.69, 9.17) is 5.26 Å². The number of fused-ring (bicyclic) bond motifs is 1. The number of rotatable bonds is 3. The number of para-hydroxylation sites is 1. The predicted molar refractivity (Wildman–Crippen MR) is 96.6 cm³/mol. The maximum absolute atomic E-state index is 13.1. The van der Waals surface area contributed by atoms with Gasteiger partial charge in [0, 0.05) is 6.54 Å². The second-order valence-corrected chi connectivity index (χ2v) is 8.89. The van der Waals surface area contributed by atoms with Gasteiger partial charge in [-0.1, -0.05) is 18.2 Å². The van der Waals surface area contributed by atoms with Crippen molar-refractivity contribution < 1.29 is 8.42 Å². The average Bonchev–Trinajstić information content (AvgIpc) is 3.28. The molecule has 2 aromatic carbocycles. The summed E-state index contributed by atoms with van der Waals surface area (Å²) in [5, 5.41) is 9.87. The van der Waals surface area contributed by atoms with Gasteiger partial charge in [-0.3, -0.25) is 0 Å². The Morgan fingerprint density at radius 1 is 1.20 bits per heavy atom. The molecule has 0 amide bonds. The summed E-state index contributed by atoms with van der Waals surface area (Å²) in [6.45, 7) is 0.472. The highest BCUT2D eigenvalue weighted by Gasteiger charge is 2.37. The van der Waals surface area contributed by atoms with Gasteiger partial charge in [-0.2, -0.15) is 9.57 Å². The molecule has 1 atom stereocenters. The van der Waals surface area contributed by atoms with Crippen LogP contribution in [-0.4, -0.2) is 24.3 Å². The van der Waals surface area contributed by atoms with Gasteiger partial charge in [-0.15, -0.1) is 11.3 Å². The monoisotopic (exact) mass is 369 g/mol. The van der Waals surface area contributed by atoms with Gasteiger partial charge in [0.05, 0.1) is 32.8 Å². The smallest absolute Gasteiger partial charge is 0.239 e. The van der Waals surface area contributed by atoms with E-state index >= 15 is 0 Å². The van der Waals surface area contributed by atoms with Gasteiger partial charge in [-0.05, 0) is 43.2 Å². The molecule has 3 aromatic rings. The first-order valence-corrected chi connectivity index (χ1v) is 10.2. The van der Waals surface area contributed by atoms with Gasteiger partial charge < -0.3 is 0 Å². The van der Waals surface area contributed by atoms with Crippen LogP contribution in [0.5, 0.6) is 0 Å². The fraction of sp³-hybridized carbons (Fsp3) is 0.222. The third-order valence-corrected chi connectivity index (χ3v) is 7.41. The van der Waals surface area contributed by atoms with Crippen molar-refractivity contribution in [1.29, 1.82) is 5.26 Å². The Kier molecular flexibility index (Phi) is 4.04. The summed E-state index contributed by atoms with van der Waals surface area (Å²) in [6, 6.07) is 15.8. The lowest BCUT2D eigenvalue weighted by Gasteiger charge is -2.22. The Morgan fingerprint density at radius 3 is 2.84 bits per heavy atom. The van der Waals surface area contributed by atoms with Crippen LogP contribution in [0, 0.1) is 11.3 Å². The minimum absolute atomic E-state index is 0.166. The number of thiazole rings is 1. The molecule has 4 rings (SSSR count). The fourth-order valence-electron chi connectivity index (χ4n) is 3.17. The SMILES string of the molecule is N#Cc1cccc(S(=O)(=O)N2CCC[C@@H]2c2nc3ccccc3s2)c1. The van der Waals surface area contributed by atoms with Crippen LogP contribution in [0.2, 0.25) is 0 Å². The van der Waals surface area contributed by atoms with E-state index in [1.807, 2.05) is 30.3 Å². The van der Waals surface area contributed by atoms with Crippen molar-refractivity contribution in [1.82, 2.24) is 9.29 Å². The summed E-state index contributed by atoms with van der Waals surface area (Å²) >= 11 is 1.55. The molecule has 0 N–H and O–H groups in total. The molecule has 1 aromatic heterocycles. The van der Waals surface area contributed by atoms with Crippen LogP contribution in [0.25, 0.3) is 10.2 Å². The molecule has 1 aliphatic rings. The molecule has 0 spiro atoms. The number of nitriles is 1. The van der Waals surface area contributed by atoms with Crippen molar-refractivity contribution in [2.45, 2.75) is 23.8 Å². The molecule has 126 valence electrons. The number of hydrogen-bond donors (Lipinski definition) is 0. The standard InChI is InChI=1S/C18H15N3O2S2/c19-12-13-5-3-6-14(11-13)25(22,23)21-10-4-8-16(21)18-20-15-7-1-2-9-17(15)24-18/h1-3,5-7,9,11,16H,4,8,10H2/t16-/m1/s1. The van der Waals surface area contributed by atoms with Crippen LogP contribution in [0.3, 0.4) is 0 Å². The molecule has 1 saturated heterocycles. The molecule has 0 aliphatic carbocycles. The molecular weight excluding hydrogens is 354 g/mol. The van der Waals surface area contributed by atoms with Crippen LogP contribution >= 0.6 is 11.3 Å². The summed E-state index contributed by atoms with van der Waals surface area (Å²) in [7, 11) is -3.66. The number of sulfonamides is 1. The van der Waals surface area contributed by atoms with Crippen LogP contribution in [0.4, 0.5) is 0 Å². The predicted octanol–water partition coefficient (Wildman–Crippen LogP) is 3.69. The number of nitrogens with zero attached hydrogens (tertiary/aromatic N) is 3. The Morgan fingerprint density at radius 2 is 2.04 bits per heavy atom. The lowest BCUT2D eigenvalue weighted by molar-refractivity contribution is 0.396. The summed E-state index contributed by atoms with van der Waals surface area (Å²) in [6.07, 6.45) is 1.56. The molecule has 1 aliphatic heterocycles. The van der Waals surface area contributed by atoms with Crippen molar-refractivity contribution in [3.05, 3.63) is 59.1 Å². The summed E-state index contributed by atoms with van der Waals surface area (Å²) < 4.78 is 28.8. The third-order valence-electron chi connectivity index (χ3n) is 4.37.